The molecule has 0 amide bonds. The van der Waals surface area contributed by atoms with Crippen LogP contribution in [-0.2, 0) is 6.54 Å². The lowest BCUT2D eigenvalue weighted by Crippen LogP contribution is -2.39. The number of aliphatic hydroxyl groups is 1. The van der Waals surface area contributed by atoms with Crippen molar-refractivity contribution >= 4 is 11.9 Å². The van der Waals surface area contributed by atoms with Crippen LogP contribution >= 0.6 is 0 Å². The Hall–Kier alpha value is -2.25. The summed E-state index contributed by atoms with van der Waals surface area (Å²) in [6.07, 6.45) is 4.32. The minimum Gasteiger partial charge on any atom is -0.396 e. The van der Waals surface area contributed by atoms with Gasteiger partial charge in [0.2, 0.25) is 11.9 Å². The van der Waals surface area contributed by atoms with E-state index in [-0.39, 0.29) is 24.0 Å². The molecule has 26 heavy (non-hydrogen) atoms. The van der Waals surface area contributed by atoms with Crippen molar-refractivity contribution in [3.8, 4) is 0 Å². The Kier molecular flexibility index (Phi) is 5.68. The van der Waals surface area contributed by atoms with Crippen LogP contribution in [0.3, 0.4) is 0 Å². The number of nitrogen functional groups attached to an aromatic ring is 1. The fraction of sp³-hybridized carbons (Fsp3) is 0.526. The first kappa shape index (κ1) is 18.5. The average Bonchev–Trinajstić information content (AvgIpc) is 3.12. The van der Waals surface area contributed by atoms with E-state index < -0.39 is 0 Å². The van der Waals surface area contributed by atoms with E-state index in [1.807, 2.05) is 37.2 Å². The molecule has 1 heterocycles. The second-order valence-corrected chi connectivity index (χ2v) is 7.26. The molecule has 7 nitrogen and oxygen atoms in total. The summed E-state index contributed by atoms with van der Waals surface area (Å²) in [5, 5.41) is 13.8. The monoisotopic (exact) mass is 356 g/mol. The Balaban J connectivity index is 1.85. The van der Waals surface area contributed by atoms with Crippen molar-refractivity contribution < 1.29 is 5.11 Å². The maximum Gasteiger partial charge on any atom is 0.229 e. The fourth-order valence-corrected chi connectivity index (χ4v) is 3.85. The zero-order chi connectivity index (χ0) is 18.6. The van der Waals surface area contributed by atoms with E-state index in [4.69, 9.17) is 5.73 Å². The van der Waals surface area contributed by atoms with Crippen LogP contribution in [0, 0.1) is 5.41 Å². The smallest absolute Gasteiger partial charge is 0.229 e. The Morgan fingerprint density at radius 1 is 1.15 bits per heavy atom. The standard InChI is InChI=1S/C19H28N6O/c1-25(2)18-23-15(22-17(20)24-18)12-21-16(14-8-4-3-5-9-14)19(13-26)10-6-7-11-19/h3-5,8-9,16,21,26H,6-7,10-13H2,1-2H3,(H2,20,22,23,24). The first-order valence-corrected chi connectivity index (χ1v) is 9.11. The molecule has 0 saturated heterocycles. The van der Waals surface area contributed by atoms with Gasteiger partial charge >= 0.3 is 0 Å². The van der Waals surface area contributed by atoms with E-state index in [1.165, 1.54) is 5.56 Å². The van der Waals surface area contributed by atoms with E-state index in [1.54, 1.807) is 0 Å². The summed E-state index contributed by atoms with van der Waals surface area (Å²) in [6, 6.07) is 10.3. The van der Waals surface area contributed by atoms with Gasteiger partial charge < -0.3 is 21.1 Å². The van der Waals surface area contributed by atoms with Crippen LogP contribution in [0.5, 0.6) is 0 Å². The number of benzene rings is 1. The minimum absolute atomic E-state index is 0.0389. The van der Waals surface area contributed by atoms with E-state index in [0.29, 0.717) is 18.3 Å². The first-order valence-electron chi connectivity index (χ1n) is 9.11. The highest BCUT2D eigenvalue weighted by Gasteiger charge is 2.41. The first-order chi connectivity index (χ1) is 12.5. The van der Waals surface area contributed by atoms with E-state index in [2.05, 4.69) is 32.4 Å². The molecule has 140 valence electrons. The summed E-state index contributed by atoms with van der Waals surface area (Å²) in [5.74, 6) is 1.37. The molecular weight excluding hydrogens is 328 g/mol. The maximum atomic E-state index is 10.2. The van der Waals surface area contributed by atoms with Gasteiger partial charge in [0, 0.05) is 25.6 Å². The molecule has 0 spiro atoms. The lowest BCUT2D eigenvalue weighted by molar-refractivity contribution is 0.0847. The molecular formula is C19H28N6O. The van der Waals surface area contributed by atoms with Crippen LogP contribution < -0.4 is 16.0 Å². The Bertz CT molecular complexity index is 715. The van der Waals surface area contributed by atoms with Gasteiger partial charge in [-0.3, -0.25) is 0 Å². The van der Waals surface area contributed by atoms with Crippen LogP contribution in [0.25, 0.3) is 0 Å². The third-order valence-electron chi connectivity index (χ3n) is 5.21. The number of aromatic nitrogens is 3. The molecule has 7 heteroatoms. The van der Waals surface area contributed by atoms with Gasteiger partial charge in [-0.05, 0) is 18.4 Å². The molecule has 1 fully saturated rings. The molecule has 1 aliphatic rings. The van der Waals surface area contributed by atoms with Crippen LogP contribution in [-0.4, -0.2) is 40.8 Å². The quantitative estimate of drug-likeness (QED) is 0.696. The normalized spacial score (nSPS) is 17.2. The number of hydrogen-bond acceptors (Lipinski definition) is 7. The van der Waals surface area contributed by atoms with Crippen molar-refractivity contribution in [2.45, 2.75) is 38.3 Å². The summed E-state index contributed by atoms with van der Waals surface area (Å²) < 4.78 is 0. The molecule has 1 aromatic heterocycles. The Morgan fingerprint density at radius 2 is 1.85 bits per heavy atom. The molecule has 2 aromatic rings. The summed E-state index contributed by atoms with van der Waals surface area (Å²) in [4.78, 5) is 14.7. The summed E-state index contributed by atoms with van der Waals surface area (Å²) in [5.41, 5.74) is 6.86. The lowest BCUT2D eigenvalue weighted by Gasteiger charge is -2.37. The third kappa shape index (κ3) is 3.94. The number of nitrogens with two attached hydrogens (primary N) is 1. The van der Waals surface area contributed by atoms with Crippen LogP contribution in [0.4, 0.5) is 11.9 Å². The summed E-state index contributed by atoms with van der Waals surface area (Å²) in [6.45, 7) is 0.636. The highest BCUT2D eigenvalue weighted by atomic mass is 16.3. The van der Waals surface area contributed by atoms with Crippen molar-refractivity contribution in [3.05, 3.63) is 41.7 Å². The number of nitrogens with one attached hydrogen (secondary N) is 1. The predicted octanol–water partition coefficient (Wildman–Crippen LogP) is 1.90. The van der Waals surface area contributed by atoms with E-state index >= 15 is 0 Å². The van der Waals surface area contributed by atoms with Gasteiger partial charge in [-0.15, -0.1) is 0 Å². The number of aliphatic hydroxyl groups excluding tert-OH is 1. The van der Waals surface area contributed by atoms with Gasteiger partial charge in [0.15, 0.2) is 0 Å². The molecule has 1 unspecified atom stereocenters. The average molecular weight is 356 g/mol. The van der Waals surface area contributed by atoms with Crippen molar-refractivity contribution in [2.24, 2.45) is 5.41 Å². The maximum absolute atomic E-state index is 10.2. The second kappa shape index (κ2) is 7.97. The molecule has 1 saturated carbocycles. The van der Waals surface area contributed by atoms with Crippen LogP contribution in [0.15, 0.2) is 30.3 Å². The molecule has 3 rings (SSSR count). The molecule has 0 radical (unpaired) electrons. The van der Waals surface area contributed by atoms with Crippen molar-refractivity contribution in [1.82, 2.24) is 20.3 Å². The third-order valence-corrected chi connectivity index (χ3v) is 5.21. The molecule has 1 aromatic carbocycles. The fourth-order valence-electron chi connectivity index (χ4n) is 3.85. The minimum atomic E-state index is -0.149. The van der Waals surface area contributed by atoms with Gasteiger partial charge in [-0.25, -0.2) is 0 Å². The number of rotatable bonds is 7. The van der Waals surface area contributed by atoms with Gasteiger partial charge in [-0.1, -0.05) is 43.2 Å². The zero-order valence-electron chi connectivity index (χ0n) is 15.5. The predicted molar refractivity (Wildman–Crippen MR) is 103 cm³/mol. The van der Waals surface area contributed by atoms with Gasteiger partial charge in [0.05, 0.1) is 13.2 Å². The second-order valence-electron chi connectivity index (χ2n) is 7.26. The van der Waals surface area contributed by atoms with Crippen molar-refractivity contribution in [1.29, 1.82) is 0 Å². The topological polar surface area (TPSA) is 100 Å². The van der Waals surface area contributed by atoms with Gasteiger partial charge in [-0.2, -0.15) is 15.0 Å². The number of nitrogens with zero attached hydrogens (tertiary/aromatic N) is 4. The van der Waals surface area contributed by atoms with Crippen LogP contribution in [0.2, 0.25) is 0 Å². The molecule has 1 aliphatic carbocycles. The number of anilines is 2. The summed E-state index contributed by atoms with van der Waals surface area (Å²) >= 11 is 0. The number of hydrogen-bond donors (Lipinski definition) is 3. The highest BCUT2D eigenvalue weighted by Crippen LogP contribution is 2.47. The van der Waals surface area contributed by atoms with Gasteiger partial charge in [0.25, 0.3) is 0 Å². The Morgan fingerprint density at radius 3 is 2.46 bits per heavy atom. The van der Waals surface area contributed by atoms with Crippen molar-refractivity contribution in [3.63, 3.8) is 0 Å². The zero-order valence-corrected chi connectivity index (χ0v) is 15.5. The molecule has 0 bridgehead atoms. The van der Waals surface area contributed by atoms with E-state index in [0.717, 1.165) is 25.7 Å². The summed E-state index contributed by atoms with van der Waals surface area (Å²) in [7, 11) is 3.75. The largest absolute Gasteiger partial charge is 0.396 e. The highest BCUT2D eigenvalue weighted by molar-refractivity contribution is 5.32. The molecule has 4 N–H and O–H groups in total. The van der Waals surface area contributed by atoms with Gasteiger partial charge in [0.1, 0.15) is 5.82 Å². The van der Waals surface area contributed by atoms with Crippen LogP contribution in [0.1, 0.15) is 43.1 Å². The molecule has 0 aliphatic heterocycles. The van der Waals surface area contributed by atoms with Crippen molar-refractivity contribution in [2.75, 3.05) is 31.3 Å². The lowest BCUT2D eigenvalue weighted by atomic mass is 9.76. The molecule has 1 atom stereocenters. The SMILES string of the molecule is CN(C)c1nc(N)nc(CNC(c2ccccc2)C2(CO)CCCC2)n1. The Labute approximate surface area is 154 Å². The van der Waals surface area contributed by atoms with E-state index in [9.17, 15) is 5.11 Å².